The van der Waals surface area contributed by atoms with E-state index < -0.39 is 0 Å². The highest BCUT2D eigenvalue weighted by atomic mass is 32.1. The minimum atomic E-state index is -0.190. The number of aryl methyl sites for hydroxylation is 1. The second-order valence-corrected chi connectivity index (χ2v) is 7.17. The Morgan fingerprint density at radius 2 is 2.12 bits per heavy atom. The van der Waals surface area contributed by atoms with Crippen molar-refractivity contribution in [3.05, 3.63) is 68.3 Å². The lowest BCUT2D eigenvalue weighted by Gasteiger charge is -2.08. The summed E-state index contributed by atoms with van der Waals surface area (Å²) >= 11 is 1.48. The van der Waals surface area contributed by atoms with E-state index in [1.165, 1.54) is 30.2 Å². The fourth-order valence-corrected chi connectivity index (χ4v) is 3.75. The maximum atomic E-state index is 12.6. The van der Waals surface area contributed by atoms with Crippen LogP contribution in [-0.4, -0.2) is 15.9 Å². The Balaban J connectivity index is 1.60. The number of benzene rings is 1. The number of carbonyl (C=O) groups excluding carboxylic acids is 1. The molecule has 4 rings (SSSR count). The first-order valence-corrected chi connectivity index (χ1v) is 9.05. The minimum Gasteiger partial charge on any atom is -0.321 e. The smallest absolute Gasteiger partial charge is 0.266 e. The zero-order valence-electron chi connectivity index (χ0n) is 13.7. The van der Waals surface area contributed by atoms with Gasteiger partial charge in [-0.3, -0.25) is 9.59 Å². The number of amides is 1. The lowest BCUT2D eigenvalue weighted by molar-refractivity contribution is 0.102. The maximum Gasteiger partial charge on any atom is 0.266 e. The second kappa shape index (κ2) is 6.29. The number of H-pyrrole nitrogens is 1. The van der Waals surface area contributed by atoms with Crippen molar-refractivity contribution >= 4 is 22.9 Å². The predicted octanol–water partition coefficient (Wildman–Crippen LogP) is 3.94. The number of hydrogen-bond donors (Lipinski definition) is 2. The zero-order valence-corrected chi connectivity index (χ0v) is 14.5. The van der Waals surface area contributed by atoms with E-state index in [4.69, 9.17) is 0 Å². The van der Waals surface area contributed by atoms with E-state index in [9.17, 15) is 9.59 Å². The molecule has 1 aromatic carbocycles. The number of nitrogens with one attached hydrogen (secondary N) is 2. The van der Waals surface area contributed by atoms with Gasteiger partial charge >= 0.3 is 0 Å². The molecule has 2 aromatic heterocycles. The van der Waals surface area contributed by atoms with Gasteiger partial charge < -0.3 is 10.3 Å². The summed E-state index contributed by atoms with van der Waals surface area (Å²) in [6, 6.07) is 10.8. The Bertz CT molecular complexity index is 1000. The van der Waals surface area contributed by atoms with Gasteiger partial charge in [-0.2, -0.15) is 0 Å². The van der Waals surface area contributed by atoms with E-state index in [0.717, 1.165) is 16.0 Å². The van der Waals surface area contributed by atoms with E-state index in [0.29, 0.717) is 23.1 Å². The van der Waals surface area contributed by atoms with Crippen molar-refractivity contribution in [2.24, 2.45) is 0 Å². The molecule has 2 heterocycles. The van der Waals surface area contributed by atoms with Gasteiger partial charge in [0.25, 0.3) is 11.5 Å². The highest BCUT2D eigenvalue weighted by molar-refractivity contribution is 7.12. The van der Waals surface area contributed by atoms with Crippen LogP contribution < -0.4 is 10.9 Å². The van der Waals surface area contributed by atoms with Gasteiger partial charge in [-0.15, -0.1) is 11.3 Å². The normalized spacial score (nSPS) is 13.6. The van der Waals surface area contributed by atoms with Gasteiger partial charge in [-0.1, -0.05) is 12.1 Å². The van der Waals surface area contributed by atoms with Crippen LogP contribution in [0.3, 0.4) is 0 Å². The van der Waals surface area contributed by atoms with E-state index in [1.807, 2.05) is 29.6 Å². The van der Waals surface area contributed by atoms with Crippen LogP contribution in [0.15, 0.2) is 46.6 Å². The summed E-state index contributed by atoms with van der Waals surface area (Å²) < 4.78 is 0. The second-order valence-electron chi connectivity index (χ2n) is 6.25. The van der Waals surface area contributed by atoms with Crippen LogP contribution in [0.25, 0.3) is 11.4 Å². The monoisotopic (exact) mass is 351 g/mol. The van der Waals surface area contributed by atoms with Crippen LogP contribution in [0.1, 0.15) is 39.7 Å². The molecule has 1 saturated carbocycles. The van der Waals surface area contributed by atoms with Gasteiger partial charge in [0.1, 0.15) is 5.82 Å². The Labute approximate surface area is 148 Å². The van der Waals surface area contributed by atoms with Crippen molar-refractivity contribution in [3.63, 3.8) is 0 Å². The van der Waals surface area contributed by atoms with E-state index in [-0.39, 0.29) is 11.5 Å². The van der Waals surface area contributed by atoms with Crippen LogP contribution in [0, 0.1) is 6.92 Å². The molecule has 0 atom stereocenters. The summed E-state index contributed by atoms with van der Waals surface area (Å²) in [5, 5.41) is 4.93. The first-order chi connectivity index (χ1) is 12.1. The summed E-state index contributed by atoms with van der Waals surface area (Å²) in [6.07, 6.45) is 2.33. The molecular weight excluding hydrogens is 334 g/mol. The number of rotatable bonds is 4. The summed E-state index contributed by atoms with van der Waals surface area (Å²) in [5.41, 5.74) is 3.06. The van der Waals surface area contributed by atoms with E-state index >= 15 is 0 Å². The third-order valence-electron chi connectivity index (χ3n) is 4.18. The van der Waals surface area contributed by atoms with Crippen molar-refractivity contribution in [2.45, 2.75) is 25.7 Å². The number of thiophene rings is 1. The molecule has 1 fully saturated rings. The van der Waals surface area contributed by atoms with Gasteiger partial charge in [-0.05, 0) is 54.8 Å². The third kappa shape index (κ3) is 3.39. The standard InChI is InChI=1S/C19H17N3O2S/c1-11-9-16(23)22-18(20-11)13-3-2-4-14(10-13)21-19(24)17-15(7-8-25-17)12-5-6-12/h2-4,7-10,12H,5-6H2,1H3,(H,21,24)(H,20,22,23). The van der Waals surface area contributed by atoms with Crippen molar-refractivity contribution < 1.29 is 4.79 Å². The molecule has 0 unspecified atom stereocenters. The van der Waals surface area contributed by atoms with Gasteiger partial charge in [0, 0.05) is 23.0 Å². The molecule has 3 aromatic rings. The molecule has 6 heteroatoms. The molecule has 0 radical (unpaired) electrons. The third-order valence-corrected chi connectivity index (χ3v) is 5.11. The highest BCUT2D eigenvalue weighted by Gasteiger charge is 2.28. The van der Waals surface area contributed by atoms with Crippen molar-refractivity contribution in [1.82, 2.24) is 9.97 Å². The van der Waals surface area contributed by atoms with E-state index in [1.54, 1.807) is 6.92 Å². The number of hydrogen-bond acceptors (Lipinski definition) is 4. The highest BCUT2D eigenvalue weighted by Crippen LogP contribution is 2.43. The summed E-state index contributed by atoms with van der Waals surface area (Å²) in [5.74, 6) is 0.954. The molecule has 0 spiro atoms. The molecule has 0 bridgehead atoms. The number of nitrogens with zero attached hydrogens (tertiary/aromatic N) is 1. The SMILES string of the molecule is Cc1cc(=O)[nH]c(-c2cccc(NC(=O)c3sccc3C3CC3)c2)n1. The van der Waals surface area contributed by atoms with Gasteiger partial charge in [-0.25, -0.2) is 4.98 Å². The van der Waals surface area contributed by atoms with Gasteiger partial charge in [0.15, 0.2) is 0 Å². The molecule has 0 aliphatic heterocycles. The Kier molecular flexibility index (Phi) is 3.97. The lowest BCUT2D eigenvalue weighted by Crippen LogP contribution is -2.12. The van der Waals surface area contributed by atoms with Crippen LogP contribution in [0.5, 0.6) is 0 Å². The van der Waals surface area contributed by atoms with Gasteiger partial charge in [0.05, 0.1) is 4.88 Å². The lowest BCUT2D eigenvalue weighted by atomic mass is 10.1. The number of aromatic amines is 1. The Morgan fingerprint density at radius 3 is 2.88 bits per heavy atom. The number of aromatic nitrogens is 2. The molecular formula is C19H17N3O2S. The van der Waals surface area contributed by atoms with Crippen LogP contribution in [-0.2, 0) is 0 Å². The molecule has 126 valence electrons. The molecule has 1 aliphatic rings. The Morgan fingerprint density at radius 1 is 1.28 bits per heavy atom. The van der Waals surface area contributed by atoms with Crippen molar-refractivity contribution in [2.75, 3.05) is 5.32 Å². The zero-order chi connectivity index (χ0) is 17.4. The number of carbonyl (C=O) groups is 1. The molecule has 25 heavy (non-hydrogen) atoms. The molecule has 2 N–H and O–H groups in total. The Hall–Kier alpha value is -2.73. The average Bonchev–Trinajstić information content (AvgIpc) is 3.30. The first-order valence-electron chi connectivity index (χ1n) is 8.17. The summed E-state index contributed by atoms with van der Waals surface area (Å²) in [4.78, 5) is 32.1. The quantitative estimate of drug-likeness (QED) is 0.748. The first kappa shape index (κ1) is 15.8. The van der Waals surface area contributed by atoms with Crippen LogP contribution in [0.2, 0.25) is 0 Å². The largest absolute Gasteiger partial charge is 0.321 e. The van der Waals surface area contributed by atoms with Crippen molar-refractivity contribution in [1.29, 1.82) is 0 Å². The van der Waals surface area contributed by atoms with Crippen LogP contribution in [0.4, 0.5) is 5.69 Å². The molecule has 0 saturated heterocycles. The molecule has 1 amide bonds. The predicted molar refractivity (Wildman–Crippen MR) is 99.3 cm³/mol. The topological polar surface area (TPSA) is 74.8 Å². The fourth-order valence-electron chi connectivity index (χ4n) is 2.87. The van der Waals surface area contributed by atoms with Crippen molar-refractivity contribution in [3.8, 4) is 11.4 Å². The van der Waals surface area contributed by atoms with Crippen LogP contribution >= 0.6 is 11.3 Å². The van der Waals surface area contributed by atoms with E-state index in [2.05, 4.69) is 21.4 Å². The average molecular weight is 351 g/mol. The molecule has 1 aliphatic carbocycles. The maximum absolute atomic E-state index is 12.6. The number of anilines is 1. The summed E-state index contributed by atoms with van der Waals surface area (Å²) in [6.45, 7) is 1.78. The molecule has 5 nitrogen and oxygen atoms in total. The minimum absolute atomic E-state index is 0.0836. The van der Waals surface area contributed by atoms with Gasteiger partial charge in [0.2, 0.25) is 0 Å². The summed E-state index contributed by atoms with van der Waals surface area (Å²) in [7, 11) is 0. The fraction of sp³-hybridized carbons (Fsp3) is 0.211.